The van der Waals surface area contributed by atoms with Gasteiger partial charge in [-0.3, -0.25) is 14.8 Å². The quantitative estimate of drug-likeness (QED) is 0.494. The number of nitrogens with one attached hydrogen (secondary N) is 3. The van der Waals surface area contributed by atoms with E-state index in [1.54, 1.807) is 5.48 Å². The molecule has 0 aromatic heterocycles. The van der Waals surface area contributed by atoms with Crippen molar-refractivity contribution in [2.75, 3.05) is 5.32 Å². The molecule has 6 nitrogen and oxygen atoms in total. The molecule has 27 heavy (non-hydrogen) atoms. The number of fused-ring (bicyclic) bond motifs is 2. The van der Waals surface area contributed by atoms with Gasteiger partial charge in [0.15, 0.2) is 0 Å². The van der Waals surface area contributed by atoms with Crippen LogP contribution in [0.1, 0.15) is 28.7 Å². The Morgan fingerprint density at radius 1 is 0.963 bits per heavy atom. The average molecular weight is 365 g/mol. The number of hydroxylamine groups is 1. The SMILES string of the molecule is O=C(NO)C1CCc2cc(NC(=O)C3Cc4ccccc4CN3)ccc2C1. The summed E-state index contributed by atoms with van der Waals surface area (Å²) in [5.74, 6) is -0.561. The first-order valence-electron chi connectivity index (χ1n) is 9.31. The van der Waals surface area contributed by atoms with Gasteiger partial charge in [0.1, 0.15) is 0 Å². The van der Waals surface area contributed by atoms with Crippen LogP contribution in [0.2, 0.25) is 0 Å². The van der Waals surface area contributed by atoms with Crippen LogP contribution in [0.25, 0.3) is 0 Å². The summed E-state index contributed by atoms with van der Waals surface area (Å²) < 4.78 is 0. The van der Waals surface area contributed by atoms with Gasteiger partial charge >= 0.3 is 0 Å². The van der Waals surface area contributed by atoms with Gasteiger partial charge in [0, 0.05) is 18.2 Å². The smallest absolute Gasteiger partial charge is 0.246 e. The predicted molar refractivity (Wildman–Crippen MR) is 101 cm³/mol. The molecule has 1 aliphatic heterocycles. The van der Waals surface area contributed by atoms with Crippen LogP contribution < -0.4 is 16.1 Å². The molecule has 2 aliphatic rings. The van der Waals surface area contributed by atoms with E-state index < -0.39 is 0 Å². The van der Waals surface area contributed by atoms with Gasteiger partial charge in [0.2, 0.25) is 11.8 Å². The first kappa shape index (κ1) is 17.7. The standard InChI is InChI=1S/C21H23N3O3/c25-20(24-27)16-6-5-15-10-18(8-7-14(15)9-16)23-21(26)19-11-13-3-1-2-4-17(13)12-22-19/h1-4,7-8,10,16,19,22,27H,5-6,9,11-12H2,(H,23,26)(H,24,25). The Hall–Kier alpha value is -2.70. The molecule has 0 saturated heterocycles. The van der Waals surface area contributed by atoms with Gasteiger partial charge in [-0.2, -0.15) is 0 Å². The van der Waals surface area contributed by atoms with Gasteiger partial charge in [-0.05, 0) is 60.1 Å². The first-order valence-corrected chi connectivity index (χ1v) is 9.31. The highest BCUT2D eigenvalue weighted by molar-refractivity contribution is 5.95. The van der Waals surface area contributed by atoms with Crippen LogP contribution in [0.4, 0.5) is 5.69 Å². The van der Waals surface area contributed by atoms with Crippen LogP contribution in [0.15, 0.2) is 42.5 Å². The summed E-state index contributed by atoms with van der Waals surface area (Å²) in [5.41, 5.74) is 7.23. The summed E-state index contributed by atoms with van der Waals surface area (Å²) in [6, 6.07) is 13.8. The maximum absolute atomic E-state index is 12.7. The fraction of sp³-hybridized carbons (Fsp3) is 0.333. The molecule has 140 valence electrons. The van der Waals surface area contributed by atoms with Crippen LogP contribution in [-0.2, 0) is 35.4 Å². The van der Waals surface area contributed by atoms with Crippen LogP contribution in [0.5, 0.6) is 0 Å². The number of carbonyl (C=O) groups excluding carboxylic acids is 2. The molecular formula is C21H23N3O3. The highest BCUT2D eigenvalue weighted by Crippen LogP contribution is 2.28. The highest BCUT2D eigenvalue weighted by atomic mass is 16.5. The second kappa shape index (κ2) is 7.50. The minimum atomic E-state index is -0.332. The third-order valence-corrected chi connectivity index (χ3v) is 5.58. The molecule has 1 heterocycles. The lowest BCUT2D eigenvalue weighted by molar-refractivity contribution is -0.133. The largest absolute Gasteiger partial charge is 0.325 e. The Morgan fingerprint density at radius 2 is 1.74 bits per heavy atom. The van der Waals surface area contributed by atoms with Gasteiger partial charge in [0.05, 0.1) is 6.04 Å². The third kappa shape index (κ3) is 3.72. The second-order valence-corrected chi connectivity index (χ2v) is 7.29. The number of anilines is 1. The topological polar surface area (TPSA) is 90.5 Å². The normalized spacial score (nSPS) is 20.9. The maximum Gasteiger partial charge on any atom is 0.246 e. The van der Waals surface area contributed by atoms with Gasteiger partial charge in [-0.15, -0.1) is 0 Å². The lowest BCUT2D eigenvalue weighted by Crippen LogP contribution is -2.44. The summed E-state index contributed by atoms with van der Waals surface area (Å²) in [6.07, 6.45) is 2.74. The number of carbonyl (C=O) groups is 2. The summed E-state index contributed by atoms with van der Waals surface area (Å²) in [6.45, 7) is 0.701. The van der Waals surface area contributed by atoms with Crippen molar-refractivity contribution in [1.82, 2.24) is 10.8 Å². The van der Waals surface area contributed by atoms with Gasteiger partial charge in [0.25, 0.3) is 0 Å². The zero-order chi connectivity index (χ0) is 18.8. The van der Waals surface area contributed by atoms with Crippen molar-refractivity contribution in [1.29, 1.82) is 0 Å². The van der Waals surface area contributed by atoms with E-state index in [0.29, 0.717) is 25.8 Å². The van der Waals surface area contributed by atoms with Crippen LogP contribution in [0.3, 0.4) is 0 Å². The second-order valence-electron chi connectivity index (χ2n) is 7.29. The van der Waals surface area contributed by atoms with Crippen LogP contribution >= 0.6 is 0 Å². The average Bonchev–Trinajstić information content (AvgIpc) is 2.72. The van der Waals surface area contributed by atoms with E-state index in [4.69, 9.17) is 5.21 Å². The minimum absolute atomic E-state index is 0.0298. The van der Waals surface area contributed by atoms with E-state index in [2.05, 4.69) is 22.8 Å². The Bertz CT molecular complexity index is 881. The van der Waals surface area contributed by atoms with E-state index in [1.807, 2.05) is 30.3 Å². The van der Waals surface area contributed by atoms with Crippen molar-refractivity contribution in [3.63, 3.8) is 0 Å². The van der Waals surface area contributed by atoms with Crippen LogP contribution in [-0.4, -0.2) is 23.1 Å². The Morgan fingerprint density at radius 3 is 2.56 bits per heavy atom. The first-order chi connectivity index (χ1) is 13.1. The number of benzene rings is 2. The fourth-order valence-electron chi connectivity index (χ4n) is 4.02. The lowest BCUT2D eigenvalue weighted by atomic mass is 9.83. The summed E-state index contributed by atoms with van der Waals surface area (Å²) in [7, 11) is 0. The molecule has 4 rings (SSSR count). The van der Waals surface area contributed by atoms with Crippen molar-refractivity contribution < 1.29 is 14.8 Å². The van der Waals surface area contributed by atoms with E-state index >= 15 is 0 Å². The van der Waals surface area contributed by atoms with Gasteiger partial charge in [-0.1, -0.05) is 30.3 Å². The Balaban J connectivity index is 1.42. The molecular weight excluding hydrogens is 342 g/mol. The molecule has 0 radical (unpaired) electrons. The number of aryl methyl sites for hydroxylation is 1. The molecule has 2 aromatic carbocycles. The van der Waals surface area contributed by atoms with E-state index in [1.165, 1.54) is 11.1 Å². The van der Waals surface area contributed by atoms with Gasteiger partial charge in [-0.25, -0.2) is 5.48 Å². The molecule has 6 heteroatoms. The molecule has 0 spiro atoms. The Kier molecular flexibility index (Phi) is 4.92. The molecule has 2 aromatic rings. The zero-order valence-electron chi connectivity index (χ0n) is 15.0. The Labute approximate surface area is 157 Å². The van der Waals surface area contributed by atoms with Crippen molar-refractivity contribution >= 4 is 17.5 Å². The fourth-order valence-corrected chi connectivity index (χ4v) is 4.02. The number of amides is 2. The molecule has 0 fully saturated rings. The van der Waals surface area contributed by atoms with Crippen molar-refractivity contribution in [3.05, 3.63) is 64.7 Å². The summed E-state index contributed by atoms with van der Waals surface area (Å²) in [4.78, 5) is 24.3. The number of hydrogen-bond acceptors (Lipinski definition) is 4. The lowest BCUT2D eigenvalue weighted by Gasteiger charge is -2.26. The third-order valence-electron chi connectivity index (χ3n) is 5.58. The van der Waals surface area contributed by atoms with E-state index in [-0.39, 0.29) is 23.8 Å². The summed E-state index contributed by atoms with van der Waals surface area (Å²) >= 11 is 0. The predicted octanol–water partition coefficient (Wildman–Crippen LogP) is 1.95. The molecule has 2 atom stereocenters. The molecule has 4 N–H and O–H groups in total. The molecule has 2 unspecified atom stereocenters. The number of hydrogen-bond donors (Lipinski definition) is 4. The van der Waals surface area contributed by atoms with Crippen LogP contribution in [0, 0.1) is 5.92 Å². The zero-order valence-corrected chi connectivity index (χ0v) is 15.0. The van der Waals surface area contributed by atoms with Gasteiger partial charge < -0.3 is 10.6 Å². The molecule has 2 amide bonds. The minimum Gasteiger partial charge on any atom is -0.325 e. The molecule has 0 saturated carbocycles. The highest BCUT2D eigenvalue weighted by Gasteiger charge is 2.26. The van der Waals surface area contributed by atoms with E-state index in [9.17, 15) is 9.59 Å². The summed E-state index contributed by atoms with van der Waals surface area (Å²) in [5, 5.41) is 15.1. The monoisotopic (exact) mass is 365 g/mol. The molecule has 0 bridgehead atoms. The van der Waals surface area contributed by atoms with Crippen molar-refractivity contribution in [3.8, 4) is 0 Å². The molecule has 1 aliphatic carbocycles. The maximum atomic E-state index is 12.7. The van der Waals surface area contributed by atoms with Crippen molar-refractivity contribution in [2.24, 2.45) is 5.92 Å². The van der Waals surface area contributed by atoms with E-state index in [0.717, 1.165) is 23.2 Å². The van der Waals surface area contributed by atoms with Crippen molar-refractivity contribution in [2.45, 2.75) is 38.3 Å². The number of rotatable bonds is 3.